The number of H-pyrrole nitrogens is 1. The summed E-state index contributed by atoms with van der Waals surface area (Å²) in [6.45, 7) is 2.94. The molecular formula is C14H26N4O. The van der Waals surface area contributed by atoms with Crippen molar-refractivity contribution in [2.45, 2.75) is 58.3 Å². The van der Waals surface area contributed by atoms with Crippen LogP contribution in [-0.2, 0) is 0 Å². The molecule has 1 amide bonds. The normalized spacial score (nSPS) is 10.6. The third kappa shape index (κ3) is 6.27. The fourth-order valence-electron chi connectivity index (χ4n) is 2.03. The maximum Gasteiger partial charge on any atom is 0.256 e. The number of aromatic amines is 1. The van der Waals surface area contributed by atoms with Gasteiger partial charge >= 0.3 is 0 Å². The summed E-state index contributed by atoms with van der Waals surface area (Å²) < 4.78 is 0. The van der Waals surface area contributed by atoms with Crippen molar-refractivity contribution in [3.8, 4) is 0 Å². The van der Waals surface area contributed by atoms with E-state index in [9.17, 15) is 4.79 Å². The molecule has 0 atom stereocenters. The molecule has 0 aliphatic heterocycles. The molecule has 5 heteroatoms. The molecule has 5 nitrogen and oxygen atoms in total. The van der Waals surface area contributed by atoms with Crippen molar-refractivity contribution >= 4 is 11.7 Å². The summed E-state index contributed by atoms with van der Waals surface area (Å²) >= 11 is 0. The lowest BCUT2D eigenvalue weighted by Gasteiger charge is -2.04. The lowest BCUT2D eigenvalue weighted by molar-refractivity contribution is 0.0954. The van der Waals surface area contributed by atoms with Gasteiger partial charge in [-0.3, -0.25) is 9.89 Å². The predicted molar refractivity (Wildman–Crippen MR) is 77.9 cm³/mol. The van der Waals surface area contributed by atoms with Crippen LogP contribution in [0.5, 0.6) is 0 Å². The molecule has 0 saturated heterocycles. The molecule has 19 heavy (non-hydrogen) atoms. The van der Waals surface area contributed by atoms with Gasteiger partial charge in [-0.1, -0.05) is 51.9 Å². The number of unbranched alkanes of at least 4 members (excludes halogenated alkanes) is 7. The molecule has 4 N–H and O–H groups in total. The van der Waals surface area contributed by atoms with Crippen LogP contribution in [0.1, 0.15) is 68.6 Å². The van der Waals surface area contributed by atoms with E-state index < -0.39 is 0 Å². The van der Waals surface area contributed by atoms with Crippen LogP contribution in [0.3, 0.4) is 0 Å². The fourth-order valence-corrected chi connectivity index (χ4v) is 2.03. The third-order valence-electron chi connectivity index (χ3n) is 3.23. The SMILES string of the molecule is CCCCCCCCCCNC(=O)c1cn[nH]c1N. The highest BCUT2D eigenvalue weighted by atomic mass is 16.1. The summed E-state index contributed by atoms with van der Waals surface area (Å²) in [4.78, 5) is 11.7. The van der Waals surface area contributed by atoms with E-state index in [-0.39, 0.29) is 5.91 Å². The zero-order chi connectivity index (χ0) is 13.9. The maximum atomic E-state index is 11.7. The zero-order valence-corrected chi connectivity index (χ0v) is 11.9. The average molecular weight is 266 g/mol. The second-order valence-electron chi connectivity index (χ2n) is 4.93. The first-order valence-corrected chi connectivity index (χ1v) is 7.32. The number of aromatic nitrogens is 2. The van der Waals surface area contributed by atoms with Crippen LogP contribution in [-0.4, -0.2) is 22.6 Å². The highest BCUT2D eigenvalue weighted by molar-refractivity contribution is 5.97. The molecule has 0 radical (unpaired) electrons. The van der Waals surface area contributed by atoms with Crippen molar-refractivity contribution in [3.05, 3.63) is 11.8 Å². The standard InChI is InChI=1S/C14H26N4O/c1-2-3-4-5-6-7-8-9-10-16-14(19)12-11-17-18-13(12)15/h11H,2-10H2,1H3,(H,16,19)(H3,15,17,18). The summed E-state index contributed by atoms with van der Waals surface area (Å²) in [7, 11) is 0. The van der Waals surface area contributed by atoms with Crippen LogP contribution in [0.25, 0.3) is 0 Å². The van der Waals surface area contributed by atoms with Gasteiger partial charge in [0.05, 0.1) is 6.20 Å². The first-order chi connectivity index (χ1) is 9.25. The molecule has 0 bridgehead atoms. The summed E-state index contributed by atoms with van der Waals surface area (Å²) in [6, 6.07) is 0. The average Bonchev–Trinajstić information content (AvgIpc) is 2.83. The van der Waals surface area contributed by atoms with Gasteiger partial charge in [-0.25, -0.2) is 0 Å². The van der Waals surface area contributed by atoms with Crippen LogP contribution >= 0.6 is 0 Å². The molecular weight excluding hydrogens is 240 g/mol. The largest absolute Gasteiger partial charge is 0.383 e. The molecule has 1 heterocycles. The number of nitrogens with two attached hydrogens (primary N) is 1. The quantitative estimate of drug-likeness (QED) is 0.569. The summed E-state index contributed by atoms with van der Waals surface area (Å²) in [5.74, 6) is 0.183. The molecule has 0 aromatic carbocycles. The van der Waals surface area contributed by atoms with Crippen molar-refractivity contribution in [2.75, 3.05) is 12.3 Å². The van der Waals surface area contributed by atoms with Crippen LogP contribution < -0.4 is 11.1 Å². The Kier molecular flexibility index (Phi) is 7.70. The Balaban J connectivity index is 1.96. The second-order valence-corrected chi connectivity index (χ2v) is 4.93. The van der Waals surface area contributed by atoms with Gasteiger partial charge in [0, 0.05) is 6.54 Å². The van der Waals surface area contributed by atoms with Gasteiger partial charge in [-0.2, -0.15) is 5.10 Å². The van der Waals surface area contributed by atoms with E-state index in [2.05, 4.69) is 22.4 Å². The Bertz CT molecular complexity index is 362. The molecule has 1 aromatic heterocycles. The lowest BCUT2D eigenvalue weighted by Crippen LogP contribution is -2.24. The minimum Gasteiger partial charge on any atom is -0.383 e. The Morgan fingerprint density at radius 2 is 1.84 bits per heavy atom. The number of hydrogen-bond acceptors (Lipinski definition) is 3. The zero-order valence-electron chi connectivity index (χ0n) is 11.9. The van der Waals surface area contributed by atoms with Crippen molar-refractivity contribution in [3.63, 3.8) is 0 Å². The second kappa shape index (κ2) is 9.42. The van der Waals surface area contributed by atoms with Crippen molar-refractivity contribution in [1.29, 1.82) is 0 Å². The number of carbonyl (C=O) groups excluding carboxylic acids is 1. The van der Waals surface area contributed by atoms with E-state index in [1.807, 2.05) is 0 Å². The summed E-state index contributed by atoms with van der Waals surface area (Å²) in [5, 5.41) is 9.13. The van der Waals surface area contributed by atoms with Crippen LogP contribution in [0.2, 0.25) is 0 Å². The molecule has 0 spiro atoms. The van der Waals surface area contributed by atoms with Crippen LogP contribution in [0, 0.1) is 0 Å². The number of nitrogens with one attached hydrogen (secondary N) is 2. The number of rotatable bonds is 10. The molecule has 0 unspecified atom stereocenters. The van der Waals surface area contributed by atoms with Gasteiger partial charge in [0.15, 0.2) is 0 Å². The molecule has 0 fully saturated rings. The first-order valence-electron chi connectivity index (χ1n) is 7.32. The molecule has 1 rings (SSSR count). The van der Waals surface area contributed by atoms with Crippen molar-refractivity contribution in [1.82, 2.24) is 15.5 Å². The Labute approximate surface area is 115 Å². The molecule has 0 aliphatic carbocycles. The minimum absolute atomic E-state index is 0.144. The summed E-state index contributed by atoms with van der Waals surface area (Å²) in [6.07, 6.45) is 11.6. The Morgan fingerprint density at radius 3 is 2.42 bits per heavy atom. The highest BCUT2D eigenvalue weighted by Gasteiger charge is 2.10. The predicted octanol–water partition coefficient (Wildman–Crippen LogP) is 2.86. The van der Waals surface area contributed by atoms with Crippen molar-refractivity contribution < 1.29 is 4.79 Å². The number of carbonyl (C=O) groups is 1. The van der Waals surface area contributed by atoms with Crippen LogP contribution in [0.15, 0.2) is 6.20 Å². The molecule has 0 saturated carbocycles. The first kappa shape index (κ1) is 15.5. The van der Waals surface area contributed by atoms with E-state index in [0.29, 0.717) is 17.9 Å². The minimum atomic E-state index is -0.144. The van der Waals surface area contributed by atoms with Gasteiger partial charge in [0.1, 0.15) is 11.4 Å². The van der Waals surface area contributed by atoms with Gasteiger partial charge < -0.3 is 11.1 Å². The lowest BCUT2D eigenvalue weighted by atomic mass is 10.1. The monoisotopic (exact) mass is 266 g/mol. The number of amides is 1. The Morgan fingerprint density at radius 1 is 1.21 bits per heavy atom. The van der Waals surface area contributed by atoms with Gasteiger partial charge in [0.25, 0.3) is 5.91 Å². The number of hydrogen-bond donors (Lipinski definition) is 3. The highest BCUT2D eigenvalue weighted by Crippen LogP contribution is 2.08. The smallest absolute Gasteiger partial charge is 0.256 e. The molecule has 108 valence electrons. The van der Waals surface area contributed by atoms with Gasteiger partial charge in [0.2, 0.25) is 0 Å². The molecule has 1 aromatic rings. The number of nitrogen functional groups attached to an aromatic ring is 1. The Hall–Kier alpha value is -1.52. The topological polar surface area (TPSA) is 83.8 Å². The molecule has 0 aliphatic rings. The fraction of sp³-hybridized carbons (Fsp3) is 0.714. The van der Waals surface area contributed by atoms with E-state index >= 15 is 0 Å². The van der Waals surface area contributed by atoms with Crippen LogP contribution in [0.4, 0.5) is 5.82 Å². The number of anilines is 1. The third-order valence-corrected chi connectivity index (χ3v) is 3.23. The van der Waals surface area contributed by atoms with E-state index in [4.69, 9.17) is 5.73 Å². The van der Waals surface area contributed by atoms with Crippen molar-refractivity contribution in [2.24, 2.45) is 0 Å². The van der Waals surface area contributed by atoms with Gasteiger partial charge in [-0.05, 0) is 6.42 Å². The maximum absolute atomic E-state index is 11.7. The van der Waals surface area contributed by atoms with Gasteiger partial charge in [-0.15, -0.1) is 0 Å². The van der Waals surface area contributed by atoms with E-state index in [1.165, 1.54) is 51.1 Å². The van der Waals surface area contributed by atoms with E-state index in [0.717, 1.165) is 6.42 Å². The number of nitrogens with zero attached hydrogens (tertiary/aromatic N) is 1. The summed E-state index contributed by atoms with van der Waals surface area (Å²) in [5.41, 5.74) is 6.00. The van der Waals surface area contributed by atoms with E-state index in [1.54, 1.807) is 0 Å².